The SMILES string of the molecule is COc1cccc(C(=O)N2CCN(c3ccc(C(=O)c4ccccc4)cc3[N+](=O)[O-])CC2)c1. The van der Waals surface area contributed by atoms with Crippen molar-refractivity contribution in [3.05, 3.63) is 99.6 Å². The molecule has 1 saturated heterocycles. The summed E-state index contributed by atoms with van der Waals surface area (Å²) in [6.45, 7) is 1.75. The maximum Gasteiger partial charge on any atom is 0.293 e. The molecule has 3 aromatic carbocycles. The van der Waals surface area contributed by atoms with Crippen molar-refractivity contribution < 1.29 is 19.2 Å². The van der Waals surface area contributed by atoms with Crippen LogP contribution in [0.2, 0.25) is 0 Å². The fraction of sp³-hybridized carbons (Fsp3) is 0.200. The van der Waals surface area contributed by atoms with E-state index in [1.165, 1.54) is 6.07 Å². The molecule has 0 radical (unpaired) electrons. The molecule has 1 aliphatic rings. The molecule has 8 nitrogen and oxygen atoms in total. The number of benzene rings is 3. The van der Waals surface area contributed by atoms with E-state index in [-0.39, 0.29) is 22.9 Å². The normalized spacial score (nSPS) is 13.5. The molecule has 33 heavy (non-hydrogen) atoms. The third-order valence-corrected chi connectivity index (χ3v) is 5.69. The third-order valence-electron chi connectivity index (χ3n) is 5.69. The number of methoxy groups -OCH3 is 1. The van der Waals surface area contributed by atoms with Gasteiger partial charge in [0.2, 0.25) is 0 Å². The third kappa shape index (κ3) is 4.69. The second kappa shape index (κ2) is 9.52. The number of amides is 1. The summed E-state index contributed by atoms with van der Waals surface area (Å²) in [4.78, 5) is 40.5. The summed E-state index contributed by atoms with van der Waals surface area (Å²) < 4.78 is 5.19. The molecule has 1 aliphatic heterocycles. The highest BCUT2D eigenvalue weighted by Crippen LogP contribution is 2.31. The lowest BCUT2D eigenvalue weighted by Gasteiger charge is -2.36. The van der Waals surface area contributed by atoms with Crippen LogP contribution in [0.15, 0.2) is 72.8 Å². The van der Waals surface area contributed by atoms with Crippen molar-refractivity contribution >= 4 is 23.1 Å². The van der Waals surface area contributed by atoms with Gasteiger partial charge in [0, 0.05) is 48.9 Å². The average Bonchev–Trinajstić information content (AvgIpc) is 2.88. The predicted molar refractivity (Wildman–Crippen MR) is 124 cm³/mol. The average molecular weight is 445 g/mol. The van der Waals surface area contributed by atoms with E-state index in [9.17, 15) is 19.7 Å². The van der Waals surface area contributed by atoms with Crippen molar-refractivity contribution in [3.8, 4) is 5.75 Å². The highest BCUT2D eigenvalue weighted by Gasteiger charge is 2.27. The maximum atomic E-state index is 12.8. The van der Waals surface area contributed by atoms with Gasteiger partial charge < -0.3 is 14.5 Å². The van der Waals surface area contributed by atoms with Crippen LogP contribution in [0.5, 0.6) is 5.75 Å². The highest BCUT2D eigenvalue weighted by atomic mass is 16.6. The Morgan fingerprint density at radius 3 is 2.21 bits per heavy atom. The number of ketones is 1. The zero-order valence-corrected chi connectivity index (χ0v) is 18.1. The molecule has 168 valence electrons. The number of piperazine rings is 1. The predicted octanol–water partition coefficient (Wildman–Crippen LogP) is 3.80. The zero-order chi connectivity index (χ0) is 23.4. The second-order valence-corrected chi connectivity index (χ2v) is 7.67. The van der Waals surface area contributed by atoms with Gasteiger partial charge >= 0.3 is 0 Å². The van der Waals surface area contributed by atoms with Crippen LogP contribution in [0.1, 0.15) is 26.3 Å². The van der Waals surface area contributed by atoms with Crippen molar-refractivity contribution in [2.45, 2.75) is 0 Å². The van der Waals surface area contributed by atoms with Crippen molar-refractivity contribution in [1.29, 1.82) is 0 Å². The van der Waals surface area contributed by atoms with E-state index in [2.05, 4.69) is 0 Å². The first-order chi connectivity index (χ1) is 16.0. The smallest absolute Gasteiger partial charge is 0.293 e. The quantitative estimate of drug-likeness (QED) is 0.326. The van der Waals surface area contributed by atoms with E-state index in [1.807, 2.05) is 4.90 Å². The Morgan fingerprint density at radius 2 is 1.55 bits per heavy atom. The molecule has 0 N–H and O–H groups in total. The van der Waals surface area contributed by atoms with Crippen molar-refractivity contribution in [2.75, 3.05) is 38.2 Å². The van der Waals surface area contributed by atoms with Gasteiger partial charge in [0.05, 0.1) is 12.0 Å². The number of carbonyl (C=O) groups is 2. The summed E-state index contributed by atoms with van der Waals surface area (Å²) in [5.41, 5.74) is 1.60. The van der Waals surface area contributed by atoms with Gasteiger partial charge in [-0.05, 0) is 30.3 Å². The van der Waals surface area contributed by atoms with E-state index in [1.54, 1.807) is 78.7 Å². The molecule has 3 aromatic rings. The van der Waals surface area contributed by atoms with Gasteiger partial charge in [-0.1, -0.05) is 36.4 Å². The zero-order valence-electron chi connectivity index (χ0n) is 18.1. The van der Waals surface area contributed by atoms with Crippen molar-refractivity contribution in [2.24, 2.45) is 0 Å². The minimum Gasteiger partial charge on any atom is -0.497 e. The summed E-state index contributed by atoms with van der Waals surface area (Å²) in [6.07, 6.45) is 0. The van der Waals surface area contributed by atoms with Crippen molar-refractivity contribution in [1.82, 2.24) is 4.90 Å². The van der Waals surface area contributed by atoms with E-state index < -0.39 is 4.92 Å². The highest BCUT2D eigenvalue weighted by molar-refractivity contribution is 6.09. The van der Waals surface area contributed by atoms with Gasteiger partial charge in [-0.3, -0.25) is 19.7 Å². The molecule has 1 heterocycles. The van der Waals surface area contributed by atoms with E-state index >= 15 is 0 Å². The fourth-order valence-electron chi connectivity index (χ4n) is 3.92. The molecule has 0 aliphatic carbocycles. The molecule has 1 fully saturated rings. The molecule has 0 atom stereocenters. The molecule has 0 unspecified atom stereocenters. The van der Waals surface area contributed by atoms with Crippen LogP contribution in [0.3, 0.4) is 0 Å². The number of nitrogens with zero attached hydrogens (tertiary/aromatic N) is 3. The number of nitro groups is 1. The topological polar surface area (TPSA) is 93.0 Å². The summed E-state index contributed by atoms with van der Waals surface area (Å²) in [5.74, 6) is 0.242. The number of carbonyl (C=O) groups excluding carboxylic acids is 2. The van der Waals surface area contributed by atoms with E-state index in [0.717, 1.165) is 0 Å². The van der Waals surface area contributed by atoms with Gasteiger partial charge in [-0.15, -0.1) is 0 Å². The lowest BCUT2D eigenvalue weighted by atomic mass is 10.0. The lowest BCUT2D eigenvalue weighted by molar-refractivity contribution is -0.384. The Balaban J connectivity index is 1.50. The van der Waals surface area contributed by atoms with Gasteiger partial charge in [-0.25, -0.2) is 0 Å². The molecular weight excluding hydrogens is 422 g/mol. The van der Waals surface area contributed by atoms with Gasteiger partial charge in [0.15, 0.2) is 5.78 Å². The number of hydrogen-bond acceptors (Lipinski definition) is 6. The Labute approximate surface area is 191 Å². The molecule has 1 amide bonds. The molecule has 0 bridgehead atoms. The molecule has 4 rings (SSSR count). The standard InChI is InChI=1S/C25H23N3O5/c1-33-21-9-5-8-20(16-21)25(30)27-14-12-26(13-15-27)22-11-10-19(17-23(22)28(31)32)24(29)18-6-3-2-4-7-18/h2-11,16-17H,12-15H2,1H3. The van der Waals surface area contributed by atoms with Crippen molar-refractivity contribution in [3.63, 3.8) is 0 Å². The van der Waals surface area contributed by atoms with Gasteiger partial charge in [-0.2, -0.15) is 0 Å². The molecular formula is C25H23N3O5. The summed E-state index contributed by atoms with van der Waals surface area (Å²) >= 11 is 0. The Hall–Kier alpha value is -4.20. The minimum absolute atomic E-state index is 0.105. The number of rotatable bonds is 6. The largest absolute Gasteiger partial charge is 0.497 e. The second-order valence-electron chi connectivity index (χ2n) is 7.67. The number of ether oxygens (including phenoxy) is 1. The molecule has 0 saturated carbocycles. The molecule has 8 heteroatoms. The van der Waals surface area contributed by atoms with Gasteiger partial charge in [0.1, 0.15) is 11.4 Å². The van der Waals surface area contributed by atoms with Crippen LogP contribution in [0.25, 0.3) is 0 Å². The monoisotopic (exact) mass is 445 g/mol. The maximum absolute atomic E-state index is 12.8. The number of nitro benzene ring substituents is 1. The van der Waals surface area contributed by atoms with E-state index in [4.69, 9.17) is 4.74 Å². The first-order valence-electron chi connectivity index (χ1n) is 10.5. The lowest BCUT2D eigenvalue weighted by Crippen LogP contribution is -2.49. The Kier molecular flexibility index (Phi) is 6.35. The van der Waals surface area contributed by atoms with Crippen LogP contribution < -0.4 is 9.64 Å². The van der Waals surface area contributed by atoms with Crippen LogP contribution in [-0.2, 0) is 0 Å². The Morgan fingerprint density at radius 1 is 0.848 bits per heavy atom. The summed E-state index contributed by atoms with van der Waals surface area (Å²) in [5, 5.41) is 11.8. The van der Waals surface area contributed by atoms with Crippen LogP contribution in [0.4, 0.5) is 11.4 Å². The summed E-state index contributed by atoms with van der Waals surface area (Å²) in [6, 6.07) is 20.2. The number of hydrogen-bond donors (Lipinski definition) is 0. The van der Waals surface area contributed by atoms with Gasteiger partial charge in [0.25, 0.3) is 11.6 Å². The fourth-order valence-corrected chi connectivity index (χ4v) is 3.92. The minimum atomic E-state index is -0.467. The van der Waals surface area contributed by atoms with E-state index in [0.29, 0.717) is 48.7 Å². The molecule has 0 spiro atoms. The first kappa shape index (κ1) is 22.0. The first-order valence-corrected chi connectivity index (χ1v) is 10.5. The van der Waals surface area contributed by atoms with Crippen LogP contribution >= 0.6 is 0 Å². The number of anilines is 1. The summed E-state index contributed by atoms with van der Waals surface area (Å²) in [7, 11) is 1.55. The Bertz CT molecular complexity index is 1190. The molecule has 0 aromatic heterocycles. The van der Waals surface area contributed by atoms with Crippen LogP contribution in [0, 0.1) is 10.1 Å². The van der Waals surface area contributed by atoms with Crippen LogP contribution in [-0.4, -0.2) is 54.8 Å².